The van der Waals surface area contributed by atoms with E-state index in [-0.39, 0.29) is 18.2 Å². The predicted octanol–water partition coefficient (Wildman–Crippen LogP) is 1.05. The Morgan fingerprint density at radius 1 is 1.33 bits per heavy atom. The predicted molar refractivity (Wildman–Crippen MR) is 83.9 cm³/mol. The Hall–Kier alpha value is -1.15. The molecule has 0 aliphatic rings. The third-order valence-electron chi connectivity index (χ3n) is 2.66. The second-order valence-electron chi connectivity index (χ2n) is 4.34. The standard InChI is InChI=1S/C13H20N2O4S.ClH/c1-19-13(16)12-6-4-5-11(9-12)10-20(17,18)15-8-3-2-7-14;/h4-6,9,15H,2-3,7-8,10,14H2,1H3;1H. The smallest absolute Gasteiger partial charge is 0.337 e. The number of nitrogens with one attached hydrogen (secondary N) is 1. The van der Waals surface area contributed by atoms with E-state index in [1.54, 1.807) is 18.2 Å². The van der Waals surface area contributed by atoms with E-state index in [0.29, 0.717) is 30.6 Å². The monoisotopic (exact) mass is 336 g/mol. The number of sulfonamides is 1. The Labute approximate surface area is 131 Å². The summed E-state index contributed by atoms with van der Waals surface area (Å²) in [6, 6.07) is 6.39. The van der Waals surface area contributed by atoms with Gasteiger partial charge in [-0.15, -0.1) is 12.4 Å². The zero-order valence-corrected chi connectivity index (χ0v) is 13.5. The fraction of sp³-hybridized carbons (Fsp3) is 0.462. The molecule has 0 aromatic heterocycles. The topological polar surface area (TPSA) is 98.5 Å². The van der Waals surface area contributed by atoms with Crippen molar-refractivity contribution in [1.29, 1.82) is 0 Å². The Kier molecular flexibility index (Phi) is 9.19. The van der Waals surface area contributed by atoms with Crippen molar-refractivity contribution in [3.05, 3.63) is 35.4 Å². The molecule has 0 bridgehead atoms. The second-order valence-corrected chi connectivity index (χ2v) is 6.15. The molecule has 1 rings (SSSR count). The number of unbranched alkanes of at least 4 members (excludes halogenated alkanes) is 1. The molecule has 1 aromatic rings. The Morgan fingerprint density at radius 3 is 2.67 bits per heavy atom. The first-order valence-electron chi connectivity index (χ1n) is 6.33. The highest BCUT2D eigenvalue weighted by Gasteiger charge is 2.12. The van der Waals surface area contributed by atoms with Crippen molar-refractivity contribution in [2.75, 3.05) is 20.2 Å². The first-order chi connectivity index (χ1) is 9.48. The SMILES string of the molecule is COC(=O)c1cccc(CS(=O)(=O)NCCCCN)c1.Cl. The number of esters is 1. The molecule has 0 radical (unpaired) electrons. The molecule has 0 unspecified atom stereocenters. The van der Waals surface area contributed by atoms with Gasteiger partial charge < -0.3 is 10.5 Å². The second kappa shape index (κ2) is 9.73. The summed E-state index contributed by atoms with van der Waals surface area (Å²) in [6.07, 6.45) is 1.48. The zero-order valence-electron chi connectivity index (χ0n) is 11.9. The Balaban J connectivity index is 0.00000400. The van der Waals surface area contributed by atoms with Gasteiger partial charge in [-0.05, 0) is 37.1 Å². The van der Waals surface area contributed by atoms with E-state index in [4.69, 9.17) is 5.73 Å². The molecule has 0 aliphatic carbocycles. The van der Waals surface area contributed by atoms with Gasteiger partial charge in [0.25, 0.3) is 0 Å². The lowest BCUT2D eigenvalue weighted by atomic mass is 10.1. The number of benzene rings is 1. The highest BCUT2D eigenvalue weighted by atomic mass is 35.5. The van der Waals surface area contributed by atoms with Gasteiger partial charge >= 0.3 is 5.97 Å². The van der Waals surface area contributed by atoms with Crippen LogP contribution in [0.3, 0.4) is 0 Å². The van der Waals surface area contributed by atoms with Gasteiger partial charge in [-0.25, -0.2) is 17.9 Å². The highest BCUT2D eigenvalue weighted by molar-refractivity contribution is 7.88. The number of halogens is 1. The first kappa shape index (κ1) is 19.9. The van der Waals surface area contributed by atoms with Crippen LogP contribution in [0.4, 0.5) is 0 Å². The largest absolute Gasteiger partial charge is 0.465 e. The fourth-order valence-corrected chi connectivity index (χ4v) is 2.85. The van der Waals surface area contributed by atoms with Crippen LogP contribution >= 0.6 is 12.4 Å². The molecule has 3 N–H and O–H groups in total. The van der Waals surface area contributed by atoms with Crippen molar-refractivity contribution in [2.24, 2.45) is 5.73 Å². The van der Waals surface area contributed by atoms with Gasteiger partial charge in [-0.3, -0.25) is 0 Å². The van der Waals surface area contributed by atoms with E-state index < -0.39 is 16.0 Å². The van der Waals surface area contributed by atoms with Crippen molar-refractivity contribution in [3.8, 4) is 0 Å². The summed E-state index contributed by atoms with van der Waals surface area (Å²) in [5.41, 5.74) is 6.22. The van der Waals surface area contributed by atoms with Crippen LogP contribution in [0.15, 0.2) is 24.3 Å². The summed E-state index contributed by atoms with van der Waals surface area (Å²) in [5, 5.41) is 0. The number of hydrogen-bond acceptors (Lipinski definition) is 5. The minimum atomic E-state index is -3.41. The van der Waals surface area contributed by atoms with Crippen LogP contribution in [-0.4, -0.2) is 34.6 Å². The lowest BCUT2D eigenvalue weighted by Crippen LogP contribution is -2.26. The third kappa shape index (κ3) is 7.42. The molecule has 120 valence electrons. The van der Waals surface area contributed by atoms with Gasteiger partial charge in [0.1, 0.15) is 0 Å². The maximum absolute atomic E-state index is 11.9. The molecule has 0 saturated heterocycles. The average Bonchev–Trinajstić information content (AvgIpc) is 2.42. The maximum Gasteiger partial charge on any atom is 0.337 e. The van der Waals surface area contributed by atoms with Crippen molar-refractivity contribution < 1.29 is 17.9 Å². The molecular weight excluding hydrogens is 316 g/mol. The molecule has 0 fully saturated rings. The number of hydrogen-bond donors (Lipinski definition) is 2. The first-order valence-corrected chi connectivity index (χ1v) is 7.98. The van der Waals surface area contributed by atoms with Crippen molar-refractivity contribution >= 4 is 28.4 Å². The van der Waals surface area contributed by atoms with E-state index in [9.17, 15) is 13.2 Å². The van der Waals surface area contributed by atoms with Crippen LogP contribution in [0.25, 0.3) is 0 Å². The summed E-state index contributed by atoms with van der Waals surface area (Å²) in [5.74, 6) is -0.652. The van der Waals surface area contributed by atoms with Gasteiger partial charge in [0.05, 0.1) is 18.4 Å². The van der Waals surface area contributed by atoms with Crippen LogP contribution in [0.5, 0.6) is 0 Å². The van der Waals surface area contributed by atoms with E-state index in [0.717, 1.165) is 6.42 Å². The van der Waals surface area contributed by atoms with Crippen LogP contribution in [0.2, 0.25) is 0 Å². The van der Waals surface area contributed by atoms with Gasteiger partial charge in [-0.2, -0.15) is 0 Å². The van der Waals surface area contributed by atoms with Crippen molar-refractivity contribution in [1.82, 2.24) is 4.72 Å². The van der Waals surface area contributed by atoms with Crippen molar-refractivity contribution in [3.63, 3.8) is 0 Å². The third-order valence-corrected chi connectivity index (χ3v) is 4.01. The average molecular weight is 337 g/mol. The summed E-state index contributed by atoms with van der Waals surface area (Å²) in [7, 11) is -2.12. The molecule has 0 aliphatic heterocycles. The number of carbonyl (C=O) groups excluding carboxylic acids is 1. The zero-order chi connectivity index (χ0) is 15.0. The van der Waals surface area contributed by atoms with E-state index in [2.05, 4.69) is 9.46 Å². The molecule has 0 spiro atoms. The molecule has 0 heterocycles. The Morgan fingerprint density at radius 2 is 2.05 bits per heavy atom. The molecule has 8 heteroatoms. The van der Waals surface area contributed by atoms with Crippen LogP contribution in [-0.2, 0) is 20.5 Å². The van der Waals surface area contributed by atoms with Crippen LogP contribution < -0.4 is 10.5 Å². The molecule has 0 saturated carbocycles. The van der Waals surface area contributed by atoms with E-state index in [1.807, 2.05) is 0 Å². The van der Waals surface area contributed by atoms with E-state index >= 15 is 0 Å². The molecule has 21 heavy (non-hydrogen) atoms. The number of methoxy groups -OCH3 is 1. The summed E-state index contributed by atoms with van der Waals surface area (Å²) in [6.45, 7) is 0.916. The fourth-order valence-electron chi connectivity index (χ4n) is 1.67. The quantitative estimate of drug-likeness (QED) is 0.546. The van der Waals surface area contributed by atoms with Gasteiger partial charge in [-0.1, -0.05) is 12.1 Å². The lowest BCUT2D eigenvalue weighted by Gasteiger charge is -2.07. The number of rotatable bonds is 8. The summed E-state index contributed by atoms with van der Waals surface area (Å²) >= 11 is 0. The molecule has 6 nitrogen and oxygen atoms in total. The normalized spacial score (nSPS) is 10.8. The minimum absolute atomic E-state index is 0. The van der Waals surface area contributed by atoms with E-state index in [1.165, 1.54) is 13.2 Å². The number of nitrogens with two attached hydrogens (primary N) is 1. The summed E-state index contributed by atoms with van der Waals surface area (Å²) in [4.78, 5) is 11.4. The van der Waals surface area contributed by atoms with Gasteiger partial charge in [0.2, 0.25) is 10.0 Å². The highest BCUT2D eigenvalue weighted by Crippen LogP contribution is 2.09. The minimum Gasteiger partial charge on any atom is -0.465 e. The molecule has 0 amide bonds. The molecule has 0 atom stereocenters. The van der Waals surface area contributed by atoms with Crippen LogP contribution in [0.1, 0.15) is 28.8 Å². The molecule has 1 aromatic carbocycles. The molecular formula is C13H21ClN2O4S. The van der Waals surface area contributed by atoms with Gasteiger partial charge in [0, 0.05) is 6.54 Å². The number of ether oxygens (including phenoxy) is 1. The van der Waals surface area contributed by atoms with Crippen LogP contribution in [0, 0.1) is 0 Å². The maximum atomic E-state index is 11.9. The summed E-state index contributed by atoms with van der Waals surface area (Å²) < 4.78 is 30.8. The number of carbonyl (C=O) groups is 1. The lowest BCUT2D eigenvalue weighted by molar-refractivity contribution is 0.0600. The van der Waals surface area contributed by atoms with Gasteiger partial charge in [0.15, 0.2) is 0 Å². The van der Waals surface area contributed by atoms with Crippen molar-refractivity contribution in [2.45, 2.75) is 18.6 Å². The Bertz CT molecular complexity index is 549.